The predicted octanol–water partition coefficient (Wildman–Crippen LogP) is 5.93. The molecule has 1 unspecified atom stereocenters. The first-order valence-electron chi connectivity index (χ1n) is 12.9. The molecule has 1 N–H and O–H groups in total. The molecule has 0 aliphatic carbocycles. The highest BCUT2D eigenvalue weighted by Crippen LogP contribution is 2.43. The molecule has 6 nitrogen and oxygen atoms in total. The highest BCUT2D eigenvalue weighted by molar-refractivity contribution is 6.51. The second-order valence-electron chi connectivity index (χ2n) is 9.65. The van der Waals surface area contributed by atoms with E-state index in [9.17, 15) is 14.7 Å². The molecule has 2 heterocycles. The Kier molecular flexibility index (Phi) is 6.74. The average molecular weight is 497 g/mol. The second-order valence-corrected chi connectivity index (χ2v) is 9.65. The highest BCUT2D eigenvalue weighted by Gasteiger charge is 2.47. The lowest BCUT2D eigenvalue weighted by molar-refractivity contribution is -0.132. The number of carbonyl (C=O) groups is 2. The molecular formula is C31H32N2O4. The van der Waals surface area contributed by atoms with E-state index >= 15 is 0 Å². The normalized spacial score (nSPS) is 19.1. The van der Waals surface area contributed by atoms with Crippen molar-refractivity contribution in [1.82, 2.24) is 0 Å². The first-order valence-corrected chi connectivity index (χ1v) is 12.9. The summed E-state index contributed by atoms with van der Waals surface area (Å²) in [6, 6.07) is 20.0. The van der Waals surface area contributed by atoms with Gasteiger partial charge in [-0.3, -0.25) is 14.5 Å². The van der Waals surface area contributed by atoms with Gasteiger partial charge in [-0.15, -0.1) is 0 Å². The molecule has 2 saturated heterocycles. The Morgan fingerprint density at radius 3 is 2.24 bits per heavy atom. The van der Waals surface area contributed by atoms with Gasteiger partial charge in [0.05, 0.1) is 18.2 Å². The smallest absolute Gasteiger partial charge is 0.300 e. The minimum atomic E-state index is -0.745. The van der Waals surface area contributed by atoms with Crippen LogP contribution in [0.15, 0.2) is 72.3 Å². The number of hydrogen-bond acceptors (Lipinski definition) is 5. The maximum atomic E-state index is 13.5. The summed E-state index contributed by atoms with van der Waals surface area (Å²) in [6.45, 7) is 8.33. The van der Waals surface area contributed by atoms with Crippen LogP contribution in [0.2, 0.25) is 0 Å². The van der Waals surface area contributed by atoms with Crippen LogP contribution < -0.4 is 14.5 Å². The molecule has 3 aromatic rings. The predicted molar refractivity (Wildman–Crippen MR) is 146 cm³/mol. The van der Waals surface area contributed by atoms with Gasteiger partial charge in [-0.25, -0.2) is 0 Å². The van der Waals surface area contributed by atoms with Crippen LogP contribution in [0.25, 0.3) is 5.76 Å². The number of ether oxygens (including phenoxy) is 1. The van der Waals surface area contributed by atoms with E-state index < -0.39 is 17.7 Å². The molecule has 5 rings (SSSR count). The van der Waals surface area contributed by atoms with Gasteiger partial charge in [-0.2, -0.15) is 0 Å². The number of carbonyl (C=O) groups excluding carboxylic acids is 2. The van der Waals surface area contributed by atoms with E-state index in [0.717, 1.165) is 35.5 Å². The Hall–Kier alpha value is -4.06. The van der Waals surface area contributed by atoms with Gasteiger partial charge in [0.15, 0.2) is 0 Å². The summed E-state index contributed by atoms with van der Waals surface area (Å²) in [4.78, 5) is 30.8. The van der Waals surface area contributed by atoms with E-state index in [0.29, 0.717) is 23.6 Å². The van der Waals surface area contributed by atoms with Crippen LogP contribution in [0.5, 0.6) is 5.75 Å². The van der Waals surface area contributed by atoms with Crippen molar-refractivity contribution in [2.24, 2.45) is 0 Å². The van der Waals surface area contributed by atoms with E-state index in [2.05, 4.69) is 4.90 Å². The van der Waals surface area contributed by atoms with Gasteiger partial charge < -0.3 is 14.7 Å². The molecule has 1 atom stereocenters. The van der Waals surface area contributed by atoms with Gasteiger partial charge in [0.2, 0.25) is 0 Å². The number of benzene rings is 3. The number of rotatable bonds is 6. The van der Waals surface area contributed by atoms with E-state index in [1.54, 1.807) is 18.2 Å². The fraction of sp³-hybridized carbons (Fsp3) is 0.290. The van der Waals surface area contributed by atoms with Crippen molar-refractivity contribution in [1.29, 1.82) is 0 Å². The first-order chi connectivity index (χ1) is 17.9. The molecule has 3 aromatic carbocycles. The Labute approximate surface area is 217 Å². The monoisotopic (exact) mass is 496 g/mol. The lowest BCUT2D eigenvalue weighted by Gasteiger charge is -2.27. The summed E-state index contributed by atoms with van der Waals surface area (Å²) in [7, 11) is 0. The summed E-state index contributed by atoms with van der Waals surface area (Å²) >= 11 is 0. The van der Waals surface area contributed by atoms with Crippen LogP contribution in [-0.2, 0) is 9.59 Å². The molecule has 0 spiro atoms. The van der Waals surface area contributed by atoms with E-state index in [-0.39, 0.29) is 11.3 Å². The summed E-state index contributed by atoms with van der Waals surface area (Å²) in [5.41, 5.74) is 4.87. The van der Waals surface area contributed by atoms with Crippen molar-refractivity contribution in [2.75, 3.05) is 29.5 Å². The van der Waals surface area contributed by atoms with Gasteiger partial charge in [0, 0.05) is 30.0 Å². The molecule has 6 heteroatoms. The lowest BCUT2D eigenvalue weighted by Crippen LogP contribution is -2.29. The summed E-state index contributed by atoms with van der Waals surface area (Å²) in [6.07, 6.45) is 2.35. The number of aliphatic hydroxyl groups excluding tert-OH is 1. The van der Waals surface area contributed by atoms with Gasteiger partial charge in [-0.05, 0) is 92.8 Å². The average Bonchev–Trinajstić information content (AvgIpc) is 3.53. The van der Waals surface area contributed by atoms with Crippen molar-refractivity contribution in [2.45, 2.75) is 39.7 Å². The minimum Gasteiger partial charge on any atom is -0.507 e. The summed E-state index contributed by atoms with van der Waals surface area (Å²) in [5, 5.41) is 11.5. The number of aryl methyl sites for hydroxylation is 2. The zero-order valence-corrected chi connectivity index (χ0v) is 21.5. The van der Waals surface area contributed by atoms with Gasteiger partial charge in [0.1, 0.15) is 11.5 Å². The van der Waals surface area contributed by atoms with Gasteiger partial charge in [0.25, 0.3) is 11.7 Å². The van der Waals surface area contributed by atoms with Gasteiger partial charge >= 0.3 is 0 Å². The zero-order valence-electron chi connectivity index (χ0n) is 21.5. The maximum Gasteiger partial charge on any atom is 0.300 e. The molecule has 2 aliphatic heterocycles. The Morgan fingerprint density at radius 2 is 1.59 bits per heavy atom. The molecule has 0 radical (unpaired) electrons. The first kappa shape index (κ1) is 24.6. The minimum absolute atomic E-state index is 0.0893. The number of Topliss-reactive ketones (excluding diaryl/α,β-unsaturated/α-hetero) is 1. The number of ketones is 1. The largest absolute Gasteiger partial charge is 0.507 e. The number of anilines is 2. The summed E-state index contributed by atoms with van der Waals surface area (Å²) < 4.78 is 5.63. The Morgan fingerprint density at radius 1 is 0.919 bits per heavy atom. The fourth-order valence-electron chi connectivity index (χ4n) is 5.36. The van der Waals surface area contributed by atoms with Crippen LogP contribution in [0.1, 0.15) is 48.1 Å². The van der Waals surface area contributed by atoms with Crippen LogP contribution in [0.3, 0.4) is 0 Å². The standard InChI is InChI=1S/C31H32N2O4/c1-4-37-26-16-11-22(19-21(26)3)29(34)27-28(25-10-6-5-9-20(25)2)33(31(36)30(27)35)24-14-12-23(13-15-24)32-17-7-8-18-32/h5-6,9-16,19,28,34H,4,7-8,17-18H2,1-3H3/b29-27+. The molecule has 2 aliphatic rings. The number of amides is 1. The molecule has 190 valence electrons. The Bertz CT molecular complexity index is 1370. The van der Waals surface area contributed by atoms with Crippen LogP contribution in [0, 0.1) is 13.8 Å². The highest BCUT2D eigenvalue weighted by atomic mass is 16.5. The van der Waals surface area contributed by atoms with E-state index in [1.807, 2.05) is 69.3 Å². The van der Waals surface area contributed by atoms with Crippen molar-refractivity contribution < 1.29 is 19.4 Å². The third kappa shape index (κ3) is 4.48. The lowest BCUT2D eigenvalue weighted by atomic mass is 9.92. The molecule has 0 aromatic heterocycles. The number of nitrogens with zero attached hydrogens (tertiary/aromatic N) is 2. The molecule has 2 fully saturated rings. The molecule has 0 bridgehead atoms. The maximum absolute atomic E-state index is 13.5. The molecule has 37 heavy (non-hydrogen) atoms. The van der Waals surface area contributed by atoms with E-state index in [1.165, 1.54) is 17.7 Å². The third-order valence-corrected chi connectivity index (χ3v) is 7.27. The Balaban J connectivity index is 1.63. The van der Waals surface area contributed by atoms with Crippen molar-refractivity contribution >= 4 is 28.8 Å². The third-order valence-electron chi connectivity index (χ3n) is 7.27. The fourth-order valence-corrected chi connectivity index (χ4v) is 5.36. The number of hydrogen-bond donors (Lipinski definition) is 1. The molecule has 1 amide bonds. The van der Waals surface area contributed by atoms with Crippen LogP contribution in [0.4, 0.5) is 11.4 Å². The van der Waals surface area contributed by atoms with Crippen LogP contribution in [-0.4, -0.2) is 36.5 Å². The van der Waals surface area contributed by atoms with Crippen molar-refractivity contribution in [3.63, 3.8) is 0 Å². The van der Waals surface area contributed by atoms with E-state index in [4.69, 9.17) is 4.74 Å². The van der Waals surface area contributed by atoms with Crippen molar-refractivity contribution in [3.05, 3.63) is 94.6 Å². The molecular weight excluding hydrogens is 464 g/mol. The van der Waals surface area contributed by atoms with Crippen molar-refractivity contribution in [3.8, 4) is 5.75 Å². The zero-order chi connectivity index (χ0) is 26.1. The second kappa shape index (κ2) is 10.1. The molecule has 0 saturated carbocycles. The van der Waals surface area contributed by atoms with Crippen LogP contribution >= 0.6 is 0 Å². The van der Waals surface area contributed by atoms with Gasteiger partial charge in [-0.1, -0.05) is 24.3 Å². The number of aliphatic hydroxyl groups is 1. The summed E-state index contributed by atoms with van der Waals surface area (Å²) in [5.74, 6) is -0.811. The quantitative estimate of drug-likeness (QED) is 0.260. The topological polar surface area (TPSA) is 70.1 Å². The SMILES string of the molecule is CCOc1ccc(/C(O)=C2\C(=O)C(=O)N(c3ccc(N4CCCC4)cc3)C2c2ccccc2C)cc1C.